The van der Waals surface area contributed by atoms with Crippen LogP contribution in [0.1, 0.15) is 22.0 Å². The van der Waals surface area contributed by atoms with Gasteiger partial charge in [-0.15, -0.1) is 0 Å². The molecular weight excluding hydrogens is 354 g/mol. The number of halogens is 1. The topological polar surface area (TPSA) is 70.5 Å². The molecule has 1 saturated heterocycles. The number of amides is 2. The average molecular weight is 376 g/mol. The fourth-order valence-corrected chi connectivity index (χ4v) is 3.24. The zero-order chi connectivity index (χ0) is 18.7. The summed E-state index contributed by atoms with van der Waals surface area (Å²) in [5.74, 6) is -0.0368. The number of aryl methyl sites for hydroxylation is 1. The van der Waals surface area contributed by atoms with Crippen LogP contribution in [0.25, 0.3) is 0 Å². The Morgan fingerprint density at radius 1 is 1.12 bits per heavy atom. The first-order valence-electron chi connectivity index (χ1n) is 8.49. The number of hydrogen-bond donors (Lipinski definition) is 1. The van der Waals surface area contributed by atoms with E-state index in [-0.39, 0.29) is 11.8 Å². The molecule has 2 heterocycles. The average Bonchev–Trinajstić information content (AvgIpc) is 3.08. The summed E-state index contributed by atoms with van der Waals surface area (Å²) in [5, 5.41) is 7.79. The summed E-state index contributed by atoms with van der Waals surface area (Å²) < 4.78 is 1.68. The maximum Gasteiger partial charge on any atom is 0.253 e. The molecule has 26 heavy (non-hydrogen) atoms. The van der Waals surface area contributed by atoms with Crippen LogP contribution in [0.3, 0.4) is 0 Å². The van der Waals surface area contributed by atoms with Crippen molar-refractivity contribution in [2.45, 2.75) is 6.04 Å². The van der Waals surface area contributed by atoms with E-state index < -0.39 is 6.04 Å². The van der Waals surface area contributed by atoms with Crippen LogP contribution >= 0.6 is 11.6 Å². The minimum atomic E-state index is -0.429. The molecule has 1 fully saturated rings. The molecule has 1 aromatic heterocycles. The zero-order valence-corrected chi connectivity index (χ0v) is 15.6. The quantitative estimate of drug-likeness (QED) is 0.875. The number of carbonyl (C=O) groups excluding carboxylic acids is 2. The highest BCUT2D eigenvalue weighted by Crippen LogP contribution is 2.17. The van der Waals surface area contributed by atoms with Gasteiger partial charge >= 0.3 is 0 Å². The lowest BCUT2D eigenvalue weighted by Gasteiger charge is -2.36. The molecule has 1 aliphatic rings. The van der Waals surface area contributed by atoms with Crippen LogP contribution in [0.2, 0.25) is 5.02 Å². The van der Waals surface area contributed by atoms with E-state index in [9.17, 15) is 9.59 Å². The van der Waals surface area contributed by atoms with Gasteiger partial charge in [-0.3, -0.25) is 14.3 Å². The smallest absolute Gasteiger partial charge is 0.253 e. The zero-order valence-electron chi connectivity index (χ0n) is 14.9. The number of carbonyl (C=O) groups is 2. The van der Waals surface area contributed by atoms with Gasteiger partial charge in [-0.25, -0.2) is 0 Å². The maximum atomic E-state index is 12.8. The highest BCUT2D eigenvalue weighted by atomic mass is 35.5. The standard InChI is InChI=1S/C18H22ClN5O2/c1-20-16(14-11-21-22(2)12-14)18(26)24-9-7-23(8-10-24)17(25)13-3-5-15(19)6-4-13/h3-6,11-12,16,20H,7-10H2,1-2H3. The summed E-state index contributed by atoms with van der Waals surface area (Å²) in [4.78, 5) is 28.9. The molecule has 1 N–H and O–H groups in total. The van der Waals surface area contributed by atoms with Crippen molar-refractivity contribution >= 4 is 23.4 Å². The van der Waals surface area contributed by atoms with Crippen LogP contribution in [0.4, 0.5) is 0 Å². The number of nitrogens with zero attached hydrogens (tertiary/aromatic N) is 4. The van der Waals surface area contributed by atoms with E-state index in [0.717, 1.165) is 5.56 Å². The van der Waals surface area contributed by atoms with Crippen molar-refractivity contribution in [3.63, 3.8) is 0 Å². The molecule has 138 valence electrons. The van der Waals surface area contributed by atoms with Gasteiger partial charge in [0.15, 0.2) is 0 Å². The van der Waals surface area contributed by atoms with Crippen LogP contribution in [0, 0.1) is 0 Å². The molecule has 7 nitrogen and oxygen atoms in total. The lowest BCUT2D eigenvalue weighted by Crippen LogP contribution is -2.52. The van der Waals surface area contributed by atoms with Crippen LogP contribution < -0.4 is 5.32 Å². The first-order valence-corrected chi connectivity index (χ1v) is 8.87. The Bertz CT molecular complexity index is 781. The predicted octanol–water partition coefficient (Wildman–Crippen LogP) is 1.32. The highest BCUT2D eigenvalue weighted by molar-refractivity contribution is 6.30. The maximum absolute atomic E-state index is 12.8. The third-order valence-corrected chi connectivity index (χ3v) is 4.82. The SMILES string of the molecule is CNC(C(=O)N1CCN(C(=O)c2ccc(Cl)cc2)CC1)c1cnn(C)c1. The first kappa shape index (κ1) is 18.4. The molecule has 0 saturated carbocycles. The number of likely N-dealkylation sites (N-methyl/N-ethyl adjacent to an activating group) is 1. The van der Waals surface area contributed by atoms with Gasteiger partial charge in [-0.2, -0.15) is 5.10 Å². The predicted molar refractivity (Wildman–Crippen MR) is 98.9 cm³/mol. The van der Waals surface area contributed by atoms with E-state index in [1.165, 1.54) is 0 Å². The molecule has 8 heteroatoms. The van der Waals surface area contributed by atoms with E-state index in [2.05, 4.69) is 10.4 Å². The molecule has 1 atom stereocenters. The largest absolute Gasteiger partial charge is 0.337 e. The molecule has 0 radical (unpaired) electrons. The van der Waals surface area contributed by atoms with Crippen molar-refractivity contribution in [2.24, 2.45) is 7.05 Å². The highest BCUT2D eigenvalue weighted by Gasteiger charge is 2.30. The van der Waals surface area contributed by atoms with Crippen molar-refractivity contribution in [3.05, 3.63) is 52.8 Å². The van der Waals surface area contributed by atoms with E-state index in [0.29, 0.717) is 36.8 Å². The Labute approximate surface area is 157 Å². The van der Waals surface area contributed by atoms with Crippen molar-refractivity contribution in [2.75, 3.05) is 33.2 Å². The number of benzene rings is 1. The minimum absolute atomic E-state index is 0.000841. The summed E-state index contributed by atoms with van der Waals surface area (Å²) in [6.07, 6.45) is 3.53. The van der Waals surface area contributed by atoms with Crippen LogP contribution in [0.15, 0.2) is 36.7 Å². The Hall–Kier alpha value is -2.38. The molecule has 2 amide bonds. The van der Waals surface area contributed by atoms with Gasteiger partial charge in [-0.1, -0.05) is 11.6 Å². The minimum Gasteiger partial charge on any atom is -0.337 e. The lowest BCUT2D eigenvalue weighted by molar-refractivity contribution is -0.135. The molecule has 0 bridgehead atoms. The van der Waals surface area contributed by atoms with Crippen LogP contribution in [0.5, 0.6) is 0 Å². The van der Waals surface area contributed by atoms with E-state index in [1.807, 2.05) is 13.2 Å². The first-order chi connectivity index (χ1) is 12.5. The third kappa shape index (κ3) is 3.89. The van der Waals surface area contributed by atoms with Gasteiger partial charge in [0.2, 0.25) is 5.91 Å². The number of nitrogens with one attached hydrogen (secondary N) is 1. The lowest BCUT2D eigenvalue weighted by atomic mass is 10.1. The summed E-state index contributed by atoms with van der Waals surface area (Å²) >= 11 is 5.87. The van der Waals surface area contributed by atoms with Gasteiger partial charge in [0.25, 0.3) is 5.91 Å². The van der Waals surface area contributed by atoms with E-state index >= 15 is 0 Å². The molecule has 1 aliphatic heterocycles. The second kappa shape index (κ2) is 7.88. The molecule has 1 aromatic carbocycles. The van der Waals surface area contributed by atoms with Gasteiger partial charge in [0.1, 0.15) is 6.04 Å². The van der Waals surface area contributed by atoms with Gasteiger partial charge < -0.3 is 15.1 Å². The summed E-state index contributed by atoms with van der Waals surface area (Å²) in [6.45, 7) is 2.04. The molecule has 0 aliphatic carbocycles. The van der Waals surface area contributed by atoms with Crippen LogP contribution in [-0.4, -0.2) is 64.6 Å². The Morgan fingerprint density at radius 3 is 2.27 bits per heavy atom. The van der Waals surface area contributed by atoms with Crippen molar-refractivity contribution in [1.82, 2.24) is 24.9 Å². The van der Waals surface area contributed by atoms with Crippen molar-refractivity contribution in [1.29, 1.82) is 0 Å². The van der Waals surface area contributed by atoms with Crippen molar-refractivity contribution in [3.8, 4) is 0 Å². The fourth-order valence-electron chi connectivity index (χ4n) is 3.11. The molecular formula is C18H22ClN5O2. The Morgan fingerprint density at radius 2 is 1.73 bits per heavy atom. The number of hydrogen-bond acceptors (Lipinski definition) is 4. The summed E-state index contributed by atoms with van der Waals surface area (Å²) in [5.41, 5.74) is 1.44. The summed E-state index contributed by atoms with van der Waals surface area (Å²) in [7, 11) is 3.58. The number of rotatable bonds is 4. The van der Waals surface area contributed by atoms with Gasteiger partial charge in [0.05, 0.1) is 6.20 Å². The third-order valence-electron chi connectivity index (χ3n) is 4.56. The van der Waals surface area contributed by atoms with Gasteiger partial charge in [-0.05, 0) is 31.3 Å². The summed E-state index contributed by atoms with van der Waals surface area (Å²) in [6, 6.07) is 6.44. The molecule has 0 spiro atoms. The normalized spacial score (nSPS) is 15.8. The monoisotopic (exact) mass is 375 g/mol. The second-order valence-corrected chi connectivity index (χ2v) is 6.73. The van der Waals surface area contributed by atoms with E-state index in [1.54, 1.807) is 52.0 Å². The second-order valence-electron chi connectivity index (χ2n) is 6.29. The molecule has 1 unspecified atom stereocenters. The Balaban J connectivity index is 1.61. The van der Waals surface area contributed by atoms with Gasteiger partial charge in [0, 0.05) is 55.6 Å². The number of aromatic nitrogens is 2. The van der Waals surface area contributed by atoms with E-state index in [4.69, 9.17) is 11.6 Å². The molecule has 3 rings (SSSR count). The van der Waals surface area contributed by atoms with Crippen molar-refractivity contribution < 1.29 is 9.59 Å². The van der Waals surface area contributed by atoms with Crippen LogP contribution in [-0.2, 0) is 11.8 Å². The number of piperazine rings is 1. The molecule has 2 aromatic rings. The Kier molecular flexibility index (Phi) is 5.58. The fraction of sp³-hybridized carbons (Fsp3) is 0.389.